The zero-order valence-electron chi connectivity index (χ0n) is 13.0. The number of likely N-dealkylation sites (N-methyl/N-ethyl adjacent to an activating group) is 1. The van der Waals surface area contributed by atoms with Gasteiger partial charge >= 0.3 is 0 Å². The minimum atomic E-state index is 0.335. The molecular formula is C17H25N3. The van der Waals surface area contributed by atoms with E-state index in [1.54, 1.807) is 0 Å². The van der Waals surface area contributed by atoms with Crippen molar-refractivity contribution >= 4 is 0 Å². The molecule has 0 bridgehead atoms. The topological polar surface area (TPSA) is 29.9 Å². The fraction of sp³-hybridized carbons (Fsp3) is 0.471. The summed E-state index contributed by atoms with van der Waals surface area (Å²) in [5.74, 6) is 0. The Labute approximate surface area is 122 Å². The summed E-state index contributed by atoms with van der Waals surface area (Å²) in [5, 5.41) is 7.96. The number of aryl methyl sites for hydroxylation is 3. The van der Waals surface area contributed by atoms with E-state index < -0.39 is 0 Å². The van der Waals surface area contributed by atoms with Crippen LogP contribution in [-0.4, -0.2) is 16.3 Å². The van der Waals surface area contributed by atoms with Crippen molar-refractivity contribution in [3.8, 4) is 0 Å². The van der Waals surface area contributed by atoms with Gasteiger partial charge in [-0.2, -0.15) is 5.10 Å². The summed E-state index contributed by atoms with van der Waals surface area (Å²) in [6.07, 6.45) is 5.14. The molecule has 108 valence electrons. The molecule has 0 fully saturated rings. The molecule has 1 heterocycles. The first kappa shape index (κ1) is 14.8. The Morgan fingerprint density at radius 2 is 1.85 bits per heavy atom. The fourth-order valence-electron chi connectivity index (χ4n) is 2.71. The monoisotopic (exact) mass is 271 g/mol. The van der Waals surface area contributed by atoms with Crippen molar-refractivity contribution in [1.29, 1.82) is 0 Å². The van der Waals surface area contributed by atoms with Gasteiger partial charge in [-0.25, -0.2) is 0 Å². The molecule has 1 aromatic heterocycles. The van der Waals surface area contributed by atoms with Gasteiger partial charge in [0.15, 0.2) is 0 Å². The highest BCUT2D eigenvalue weighted by Crippen LogP contribution is 2.20. The second-order valence-electron chi connectivity index (χ2n) is 5.44. The van der Waals surface area contributed by atoms with Crippen LogP contribution in [0.5, 0.6) is 0 Å². The van der Waals surface area contributed by atoms with Crippen molar-refractivity contribution in [1.82, 2.24) is 15.1 Å². The molecule has 0 spiro atoms. The van der Waals surface area contributed by atoms with E-state index >= 15 is 0 Å². The third-order valence-corrected chi connectivity index (χ3v) is 3.55. The summed E-state index contributed by atoms with van der Waals surface area (Å²) in [6, 6.07) is 7.12. The molecule has 0 aliphatic heterocycles. The molecular weight excluding hydrogens is 246 g/mol. The number of benzene rings is 1. The Morgan fingerprint density at radius 3 is 2.40 bits per heavy atom. The molecule has 3 heteroatoms. The Bertz CT molecular complexity index is 537. The molecule has 20 heavy (non-hydrogen) atoms. The van der Waals surface area contributed by atoms with Crippen LogP contribution in [0.1, 0.15) is 42.1 Å². The standard InChI is InChI=1S/C17H25N3/c1-5-18-17(16-11-19-20(6-2)12-16)10-15-8-13(3)7-14(4)9-15/h7-9,11-12,17-18H,5-6,10H2,1-4H3. The summed E-state index contributed by atoms with van der Waals surface area (Å²) in [7, 11) is 0. The van der Waals surface area contributed by atoms with Gasteiger partial charge in [0.1, 0.15) is 0 Å². The molecule has 2 aromatic rings. The van der Waals surface area contributed by atoms with E-state index in [2.05, 4.69) is 62.5 Å². The number of hydrogen-bond donors (Lipinski definition) is 1. The molecule has 3 nitrogen and oxygen atoms in total. The lowest BCUT2D eigenvalue weighted by Gasteiger charge is -2.17. The number of nitrogens with one attached hydrogen (secondary N) is 1. The SMILES string of the molecule is CCNC(Cc1cc(C)cc(C)c1)c1cnn(CC)c1. The van der Waals surface area contributed by atoms with Crippen LogP contribution in [0.2, 0.25) is 0 Å². The number of aromatic nitrogens is 2. The van der Waals surface area contributed by atoms with Gasteiger partial charge in [-0.05, 0) is 39.3 Å². The fourth-order valence-corrected chi connectivity index (χ4v) is 2.71. The molecule has 0 saturated carbocycles. The summed E-state index contributed by atoms with van der Waals surface area (Å²) < 4.78 is 1.99. The summed E-state index contributed by atoms with van der Waals surface area (Å²) >= 11 is 0. The summed E-state index contributed by atoms with van der Waals surface area (Å²) in [6.45, 7) is 10.5. The van der Waals surface area contributed by atoms with Crippen LogP contribution >= 0.6 is 0 Å². The average Bonchev–Trinajstić information content (AvgIpc) is 2.85. The highest BCUT2D eigenvalue weighted by Gasteiger charge is 2.13. The van der Waals surface area contributed by atoms with E-state index in [0.717, 1.165) is 19.5 Å². The smallest absolute Gasteiger partial charge is 0.0537 e. The van der Waals surface area contributed by atoms with E-state index in [9.17, 15) is 0 Å². The molecule has 0 amide bonds. The van der Waals surface area contributed by atoms with Crippen molar-refractivity contribution in [3.63, 3.8) is 0 Å². The first-order valence-electron chi connectivity index (χ1n) is 7.45. The van der Waals surface area contributed by atoms with Gasteiger partial charge in [-0.3, -0.25) is 4.68 Å². The van der Waals surface area contributed by atoms with E-state index in [-0.39, 0.29) is 0 Å². The number of hydrogen-bond acceptors (Lipinski definition) is 2. The Kier molecular flexibility index (Phi) is 4.96. The van der Waals surface area contributed by atoms with Crippen LogP contribution in [0.4, 0.5) is 0 Å². The van der Waals surface area contributed by atoms with Gasteiger partial charge in [0.25, 0.3) is 0 Å². The van der Waals surface area contributed by atoms with Crippen LogP contribution < -0.4 is 5.32 Å². The molecule has 1 atom stereocenters. The zero-order chi connectivity index (χ0) is 14.5. The molecule has 0 saturated heterocycles. The quantitative estimate of drug-likeness (QED) is 0.872. The minimum Gasteiger partial charge on any atom is -0.310 e. The van der Waals surface area contributed by atoms with Crippen molar-refractivity contribution in [2.24, 2.45) is 0 Å². The molecule has 2 rings (SSSR count). The third-order valence-electron chi connectivity index (χ3n) is 3.55. The van der Waals surface area contributed by atoms with Crippen molar-refractivity contribution in [2.45, 2.75) is 46.7 Å². The normalized spacial score (nSPS) is 12.6. The van der Waals surface area contributed by atoms with E-state index in [1.807, 2.05) is 10.9 Å². The highest BCUT2D eigenvalue weighted by molar-refractivity contribution is 5.30. The van der Waals surface area contributed by atoms with Crippen molar-refractivity contribution in [3.05, 3.63) is 52.8 Å². The molecule has 0 aliphatic rings. The van der Waals surface area contributed by atoms with Gasteiger partial charge in [0.05, 0.1) is 6.20 Å². The molecule has 0 aliphatic carbocycles. The lowest BCUT2D eigenvalue weighted by atomic mass is 9.98. The second kappa shape index (κ2) is 6.71. The molecule has 1 aromatic carbocycles. The molecule has 1 unspecified atom stereocenters. The Hall–Kier alpha value is -1.61. The predicted molar refractivity (Wildman–Crippen MR) is 83.9 cm³/mol. The van der Waals surface area contributed by atoms with Gasteiger partial charge < -0.3 is 5.32 Å². The third kappa shape index (κ3) is 3.70. The van der Waals surface area contributed by atoms with Crippen molar-refractivity contribution in [2.75, 3.05) is 6.54 Å². The maximum Gasteiger partial charge on any atom is 0.0537 e. The Balaban J connectivity index is 2.20. The Morgan fingerprint density at radius 1 is 1.15 bits per heavy atom. The van der Waals surface area contributed by atoms with Gasteiger partial charge in [-0.15, -0.1) is 0 Å². The van der Waals surface area contributed by atoms with Gasteiger partial charge in [0, 0.05) is 24.3 Å². The molecule has 1 N–H and O–H groups in total. The lowest BCUT2D eigenvalue weighted by molar-refractivity contribution is 0.548. The maximum absolute atomic E-state index is 4.39. The zero-order valence-corrected chi connectivity index (χ0v) is 13.0. The maximum atomic E-state index is 4.39. The van der Waals surface area contributed by atoms with Crippen LogP contribution in [0, 0.1) is 13.8 Å². The summed E-state index contributed by atoms with van der Waals surface area (Å²) in [5.41, 5.74) is 5.32. The van der Waals surface area contributed by atoms with E-state index in [0.29, 0.717) is 6.04 Å². The first-order chi connectivity index (χ1) is 9.62. The van der Waals surface area contributed by atoms with Crippen molar-refractivity contribution < 1.29 is 0 Å². The predicted octanol–water partition coefficient (Wildman–Crippen LogP) is 3.41. The largest absolute Gasteiger partial charge is 0.310 e. The molecule has 0 radical (unpaired) electrons. The van der Waals surface area contributed by atoms with E-state index in [1.165, 1.54) is 22.3 Å². The number of nitrogens with zero attached hydrogens (tertiary/aromatic N) is 2. The first-order valence-corrected chi connectivity index (χ1v) is 7.45. The van der Waals surface area contributed by atoms with E-state index in [4.69, 9.17) is 0 Å². The van der Waals surface area contributed by atoms with Crippen LogP contribution in [0.15, 0.2) is 30.6 Å². The second-order valence-corrected chi connectivity index (χ2v) is 5.44. The minimum absolute atomic E-state index is 0.335. The number of rotatable bonds is 6. The van der Waals surface area contributed by atoms with Gasteiger partial charge in [0.2, 0.25) is 0 Å². The average molecular weight is 271 g/mol. The van der Waals surface area contributed by atoms with Crippen LogP contribution in [0.3, 0.4) is 0 Å². The van der Waals surface area contributed by atoms with Gasteiger partial charge in [-0.1, -0.05) is 36.2 Å². The van der Waals surface area contributed by atoms with Crippen LogP contribution in [-0.2, 0) is 13.0 Å². The highest BCUT2D eigenvalue weighted by atomic mass is 15.3. The lowest BCUT2D eigenvalue weighted by Crippen LogP contribution is -2.22. The van der Waals surface area contributed by atoms with Crippen LogP contribution in [0.25, 0.3) is 0 Å². The summed E-state index contributed by atoms with van der Waals surface area (Å²) in [4.78, 5) is 0.